The van der Waals surface area contributed by atoms with Crippen molar-refractivity contribution in [2.75, 3.05) is 62.8 Å². The van der Waals surface area contributed by atoms with Gasteiger partial charge in [-0.15, -0.1) is 0 Å². The highest BCUT2D eigenvalue weighted by atomic mass is 16.5. The van der Waals surface area contributed by atoms with Crippen molar-refractivity contribution >= 4 is 35.1 Å². The summed E-state index contributed by atoms with van der Waals surface area (Å²) in [6.07, 6.45) is 5.53. The number of aliphatic imine (C=N–C) groups is 2. The first-order valence-corrected chi connectivity index (χ1v) is 12.2. The summed E-state index contributed by atoms with van der Waals surface area (Å²) in [7, 11) is 0. The van der Waals surface area contributed by atoms with Crippen LogP contribution in [0.2, 0.25) is 0 Å². The summed E-state index contributed by atoms with van der Waals surface area (Å²) in [5, 5.41) is 8.35. The predicted octanol–water partition coefficient (Wildman–Crippen LogP) is 3.01. The van der Waals surface area contributed by atoms with Crippen LogP contribution in [-0.4, -0.2) is 75.5 Å². The Balaban J connectivity index is 1.19. The summed E-state index contributed by atoms with van der Waals surface area (Å²) < 4.78 is 11.1. The molecule has 0 amide bonds. The molecule has 0 radical (unpaired) electrons. The normalized spacial score (nSPS) is 24.2. The van der Waals surface area contributed by atoms with Gasteiger partial charge in [-0.3, -0.25) is 9.89 Å². The molecule has 2 fully saturated rings. The van der Waals surface area contributed by atoms with E-state index < -0.39 is 0 Å². The number of benzene rings is 2. The fraction of sp³-hybridized carbons (Fsp3) is 0.346. The van der Waals surface area contributed by atoms with E-state index in [1.807, 2.05) is 6.20 Å². The van der Waals surface area contributed by atoms with Gasteiger partial charge in [0.05, 0.1) is 32.6 Å². The Morgan fingerprint density at radius 2 is 1.57 bits per heavy atom. The molecule has 9 heteroatoms. The summed E-state index contributed by atoms with van der Waals surface area (Å²) in [4.78, 5) is 13.8. The lowest BCUT2D eigenvalue weighted by atomic mass is 10.1. The molecular formula is C26H30N7O2+. The van der Waals surface area contributed by atoms with Crippen molar-refractivity contribution < 1.29 is 9.47 Å². The first-order valence-electron chi connectivity index (χ1n) is 12.2. The smallest absolute Gasteiger partial charge is 0.287 e. The monoisotopic (exact) mass is 472 g/mol. The minimum Gasteiger partial charge on any atom is -0.379 e. The third-order valence-electron chi connectivity index (χ3n) is 6.72. The molecular weight excluding hydrogens is 442 g/mol. The van der Waals surface area contributed by atoms with Crippen LogP contribution in [0.4, 0.5) is 17.1 Å². The first kappa shape index (κ1) is 22.1. The maximum atomic E-state index is 5.46. The Labute approximate surface area is 205 Å². The number of amidine groups is 1. The molecule has 4 heterocycles. The van der Waals surface area contributed by atoms with Crippen molar-refractivity contribution in [3.05, 3.63) is 66.5 Å². The van der Waals surface area contributed by atoms with Crippen LogP contribution in [-0.2, 0) is 16.0 Å². The second-order valence-corrected chi connectivity index (χ2v) is 8.98. The van der Waals surface area contributed by atoms with Gasteiger partial charge in [0.15, 0.2) is 11.9 Å². The van der Waals surface area contributed by atoms with Gasteiger partial charge in [-0.1, -0.05) is 16.7 Å². The molecule has 0 aromatic heterocycles. The van der Waals surface area contributed by atoms with Crippen molar-refractivity contribution in [2.45, 2.75) is 6.54 Å². The number of fused-ring (bicyclic) bond motifs is 1. The lowest BCUT2D eigenvalue weighted by Gasteiger charge is -2.28. The predicted molar refractivity (Wildman–Crippen MR) is 140 cm³/mol. The van der Waals surface area contributed by atoms with Gasteiger partial charge >= 0.3 is 0 Å². The number of ether oxygens (including phenoxy) is 2. The van der Waals surface area contributed by atoms with E-state index in [9.17, 15) is 0 Å². The van der Waals surface area contributed by atoms with E-state index in [1.165, 1.54) is 11.3 Å². The van der Waals surface area contributed by atoms with E-state index in [-0.39, 0.29) is 4.59 Å². The summed E-state index contributed by atoms with van der Waals surface area (Å²) in [5.74, 6) is 1.33. The van der Waals surface area contributed by atoms with Crippen LogP contribution in [0.5, 0.6) is 0 Å². The van der Waals surface area contributed by atoms with Crippen molar-refractivity contribution in [2.24, 2.45) is 15.1 Å². The van der Waals surface area contributed by atoms with Crippen LogP contribution >= 0.6 is 0 Å². The maximum Gasteiger partial charge on any atom is 0.287 e. The minimum absolute atomic E-state index is 0.176. The van der Waals surface area contributed by atoms with Crippen molar-refractivity contribution in [1.82, 2.24) is 9.49 Å². The Bertz CT molecular complexity index is 1160. The van der Waals surface area contributed by atoms with Crippen LogP contribution in [0, 0.1) is 0 Å². The molecule has 0 aliphatic carbocycles. The third kappa shape index (κ3) is 4.63. The second kappa shape index (κ2) is 9.71. The molecule has 0 bridgehead atoms. The summed E-state index contributed by atoms with van der Waals surface area (Å²) in [5.41, 5.74) is 4.46. The van der Waals surface area contributed by atoms with Crippen molar-refractivity contribution in [1.29, 1.82) is 0 Å². The average Bonchev–Trinajstić information content (AvgIpc) is 3.30. The van der Waals surface area contributed by atoms with Crippen molar-refractivity contribution in [3.8, 4) is 0 Å². The third-order valence-corrected chi connectivity index (χ3v) is 6.72. The van der Waals surface area contributed by atoms with E-state index >= 15 is 0 Å². The van der Waals surface area contributed by atoms with Gasteiger partial charge in [-0.2, -0.15) is 4.99 Å². The maximum absolute atomic E-state index is 5.46. The Morgan fingerprint density at radius 1 is 0.857 bits per heavy atom. The number of anilines is 2. The van der Waals surface area contributed by atoms with Gasteiger partial charge in [0.2, 0.25) is 0 Å². The van der Waals surface area contributed by atoms with Crippen LogP contribution in [0.3, 0.4) is 0 Å². The molecule has 1 atom stereocenters. The minimum atomic E-state index is 0.176. The molecule has 2 saturated heterocycles. The van der Waals surface area contributed by atoms with Crippen molar-refractivity contribution in [3.63, 3.8) is 0 Å². The molecule has 9 nitrogen and oxygen atoms in total. The number of hydrogen-bond acceptors (Lipinski definition) is 8. The fourth-order valence-electron chi connectivity index (χ4n) is 4.76. The highest BCUT2D eigenvalue weighted by Gasteiger charge is 2.42. The molecule has 1 N–H and O–H groups in total. The number of guanidine groups is 1. The lowest BCUT2D eigenvalue weighted by Crippen LogP contribution is -2.44. The number of nitrogens with one attached hydrogen (secondary N) is 1. The molecule has 6 rings (SSSR count). The van der Waals surface area contributed by atoms with Gasteiger partial charge in [-0.25, -0.2) is 0 Å². The first-order chi connectivity index (χ1) is 17.3. The quantitative estimate of drug-likeness (QED) is 0.678. The number of hydrogen-bond donors (Lipinski definition) is 1. The number of quaternary nitrogens is 1. The molecule has 0 saturated carbocycles. The summed E-state index contributed by atoms with van der Waals surface area (Å²) in [6.45, 7) is 7.89. The zero-order valence-corrected chi connectivity index (χ0v) is 19.7. The topological polar surface area (TPSA) is 74.0 Å². The van der Waals surface area contributed by atoms with E-state index in [0.29, 0.717) is 5.96 Å². The summed E-state index contributed by atoms with van der Waals surface area (Å²) in [6, 6.07) is 17.0. The highest BCUT2D eigenvalue weighted by molar-refractivity contribution is 6.38. The Morgan fingerprint density at radius 3 is 2.31 bits per heavy atom. The molecule has 0 spiro atoms. The fourth-order valence-corrected chi connectivity index (χ4v) is 4.76. The van der Waals surface area contributed by atoms with E-state index in [0.717, 1.165) is 76.4 Å². The highest BCUT2D eigenvalue weighted by Crippen LogP contribution is 2.31. The van der Waals surface area contributed by atoms with Crippen LogP contribution in [0.1, 0.15) is 5.56 Å². The standard InChI is InChI=1S/C26H30N7O2/c1-7-24(8-2-21(1)20-31-10-15-34-16-11-31)33-14-9-27-19-25(33)29-26(30-33)28-22-3-5-23(6-4-22)32-12-17-35-18-13-32/h1-9,14,19H,10-13,15-18,20H2,(H,28,30)/q+1. The van der Waals surface area contributed by atoms with E-state index in [1.54, 1.807) is 12.4 Å². The number of nitrogens with zero attached hydrogens (tertiary/aromatic N) is 6. The lowest BCUT2D eigenvalue weighted by molar-refractivity contribution is 0.0342. The van der Waals surface area contributed by atoms with Crippen LogP contribution in [0.15, 0.2) is 76.0 Å². The SMILES string of the molecule is C1=C[N+]2(c3ccc(CN4CCOCC4)cc3)N=C(Nc3ccc(N4CCOCC4)cc3)N=C2C=N1. The molecule has 2 aromatic rings. The zero-order valence-electron chi connectivity index (χ0n) is 19.7. The number of morpholine rings is 2. The van der Waals surface area contributed by atoms with E-state index in [2.05, 4.69) is 68.6 Å². The van der Waals surface area contributed by atoms with Gasteiger partial charge in [0.25, 0.3) is 11.8 Å². The van der Waals surface area contributed by atoms with Gasteiger partial charge in [-0.05, 0) is 34.9 Å². The number of rotatable bonds is 5. The molecule has 4 aliphatic rings. The van der Waals surface area contributed by atoms with Gasteiger partial charge < -0.3 is 19.7 Å². The second-order valence-electron chi connectivity index (χ2n) is 8.98. The van der Waals surface area contributed by atoms with E-state index in [4.69, 9.17) is 19.6 Å². The zero-order chi connectivity index (χ0) is 23.5. The van der Waals surface area contributed by atoms with Gasteiger partial charge in [0, 0.05) is 56.2 Å². The Kier molecular flexibility index (Phi) is 6.13. The summed E-state index contributed by atoms with van der Waals surface area (Å²) >= 11 is 0. The Hall–Kier alpha value is -3.37. The molecule has 180 valence electrons. The molecule has 1 unspecified atom stereocenters. The van der Waals surface area contributed by atoms with Gasteiger partial charge in [0.1, 0.15) is 6.21 Å². The average molecular weight is 473 g/mol. The van der Waals surface area contributed by atoms with Crippen LogP contribution < -0.4 is 14.8 Å². The largest absolute Gasteiger partial charge is 0.379 e. The molecule has 35 heavy (non-hydrogen) atoms. The van der Waals surface area contributed by atoms with Crippen LogP contribution in [0.25, 0.3) is 0 Å². The molecule has 4 aliphatic heterocycles. The molecule has 2 aromatic carbocycles.